The van der Waals surface area contributed by atoms with Gasteiger partial charge in [-0.2, -0.15) is 0 Å². The van der Waals surface area contributed by atoms with Gasteiger partial charge in [-0.1, -0.05) is 34.8 Å². The molecule has 1 aromatic rings. The van der Waals surface area contributed by atoms with Crippen molar-refractivity contribution in [3.63, 3.8) is 0 Å². The van der Waals surface area contributed by atoms with Crippen LogP contribution in [0.3, 0.4) is 0 Å². The zero-order valence-corrected chi connectivity index (χ0v) is 12.1. The number of amides is 1. The van der Waals surface area contributed by atoms with Crippen LogP contribution in [0.15, 0.2) is 28.7 Å². The third kappa shape index (κ3) is 2.93. The van der Waals surface area contributed by atoms with Crippen molar-refractivity contribution in [2.24, 2.45) is 0 Å². The van der Waals surface area contributed by atoms with Gasteiger partial charge in [0.05, 0.1) is 12.1 Å². The van der Waals surface area contributed by atoms with Gasteiger partial charge in [0.2, 0.25) is 0 Å². The SMILES string of the molecule is CN(C(=O)c1cccc(Br)c1)C1CCCCC1O. The van der Waals surface area contributed by atoms with Gasteiger partial charge in [0, 0.05) is 17.1 Å². The molecular formula is C14H18BrNO2. The Bertz CT molecular complexity index is 436. The Morgan fingerprint density at radius 2 is 2.11 bits per heavy atom. The molecule has 1 aliphatic rings. The van der Waals surface area contributed by atoms with Gasteiger partial charge in [-0.25, -0.2) is 0 Å². The van der Waals surface area contributed by atoms with Crippen molar-refractivity contribution < 1.29 is 9.90 Å². The average Bonchev–Trinajstić information content (AvgIpc) is 2.37. The summed E-state index contributed by atoms with van der Waals surface area (Å²) in [7, 11) is 1.78. The average molecular weight is 312 g/mol. The summed E-state index contributed by atoms with van der Waals surface area (Å²) in [5, 5.41) is 9.99. The minimum atomic E-state index is -0.389. The molecule has 1 fully saturated rings. The predicted molar refractivity (Wildman–Crippen MR) is 74.5 cm³/mol. The van der Waals surface area contributed by atoms with E-state index in [1.807, 2.05) is 18.2 Å². The van der Waals surface area contributed by atoms with Crippen molar-refractivity contribution >= 4 is 21.8 Å². The molecule has 4 heteroatoms. The number of hydrogen-bond donors (Lipinski definition) is 1. The third-order valence-electron chi connectivity index (χ3n) is 3.58. The van der Waals surface area contributed by atoms with Crippen LogP contribution >= 0.6 is 15.9 Å². The Hall–Kier alpha value is -0.870. The molecule has 0 saturated heterocycles. The number of carbonyl (C=O) groups excluding carboxylic acids is 1. The summed E-state index contributed by atoms with van der Waals surface area (Å²) in [6, 6.07) is 7.31. The Balaban J connectivity index is 2.13. The van der Waals surface area contributed by atoms with Gasteiger partial charge in [-0.05, 0) is 31.0 Å². The van der Waals surface area contributed by atoms with E-state index in [1.165, 1.54) is 0 Å². The zero-order valence-electron chi connectivity index (χ0n) is 10.5. The number of likely N-dealkylation sites (N-methyl/N-ethyl adjacent to an activating group) is 1. The lowest BCUT2D eigenvalue weighted by Gasteiger charge is -2.35. The highest BCUT2D eigenvalue weighted by molar-refractivity contribution is 9.10. The molecule has 1 saturated carbocycles. The first-order valence-electron chi connectivity index (χ1n) is 6.30. The van der Waals surface area contributed by atoms with Crippen LogP contribution in [0, 0.1) is 0 Å². The lowest BCUT2D eigenvalue weighted by atomic mass is 9.91. The number of aliphatic hydroxyl groups excluding tert-OH is 1. The first-order chi connectivity index (χ1) is 8.59. The third-order valence-corrected chi connectivity index (χ3v) is 4.08. The fourth-order valence-electron chi connectivity index (χ4n) is 2.52. The molecule has 1 amide bonds. The van der Waals surface area contributed by atoms with Crippen LogP contribution in [0.5, 0.6) is 0 Å². The molecule has 3 nitrogen and oxygen atoms in total. The smallest absolute Gasteiger partial charge is 0.253 e. The highest BCUT2D eigenvalue weighted by atomic mass is 79.9. The minimum Gasteiger partial charge on any atom is -0.391 e. The number of nitrogens with zero attached hydrogens (tertiary/aromatic N) is 1. The van der Waals surface area contributed by atoms with Gasteiger partial charge < -0.3 is 10.0 Å². The zero-order chi connectivity index (χ0) is 13.1. The molecular weight excluding hydrogens is 294 g/mol. The Kier molecular flexibility index (Phi) is 4.40. The minimum absolute atomic E-state index is 0.0257. The molecule has 2 unspecified atom stereocenters. The van der Waals surface area contributed by atoms with Crippen LogP contribution in [0.25, 0.3) is 0 Å². The number of rotatable bonds is 2. The fourth-order valence-corrected chi connectivity index (χ4v) is 2.92. The summed E-state index contributed by atoms with van der Waals surface area (Å²) in [5.74, 6) is -0.0257. The van der Waals surface area contributed by atoms with Crippen LogP contribution in [-0.4, -0.2) is 35.1 Å². The molecule has 98 valence electrons. The van der Waals surface area contributed by atoms with E-state index in [9.17, 15) is 9.90 Å². The van der Waals surface area contributed by atoms with E-state index in [1.54, 1.807) is 18.0 Å². The maximum atomic E-state index is 12.3. The van der Waals surface area contributed by atoms with E-state index in [4.69, 9.17) is 0 Å². The van der Waals surface area contributed by atoms with Crippen LogP contribution in [-0.2, 0) is 0 Å². The standard InChI is InChI=1S/C14H18BrNO2/c1-16(12-7-2-3-8-13(12)17)14(18)10-5-4-6-11(15)9-10/h4-6,9,12-13,17H,2-3,7-8H2,1H3. The van der Waals surface area contributed by atoms with Crippen molar-refractivity contribution in [3.8, 4) is 0 Å². The van der Waals surface area contributed by atoms with Crippen molar-refractivity contribution in [1.29, 1.82) is 0 Å². The molecule has 0 bridgehead atoms. The van der Waals surface area contributed by atoms with Crippen LogP contribution in [0.2, 0.25) is 0 Å². The van der Waals surface area contributed by atoms with Crippen molar-refractivity contribution in [2.45, 2.75) is 37.8 Å². The van der Waals surface area contributed by atoms with Crippen molar-refractivity contribution in [3.05, 3.63) is 34.3 Å². The lowest BCUT2D eigenvalue weighted by molar-refractivity contribution is 0.0268. The van der Waals surface area contributed by atoms with E-state index >= 15 is 0 Å². The summed E-state index contributed by atoms with van der Waals surface area (Å²) in [5.41, 5.74) is 0.657. The van der Waals surface area contributed by atoms with E-state index in [2.05, 4.69) is 15.9 Å². The number of aliphatic hydroxyl groups is 1. The molecule has 1 aliphatic carbocycles. The van der Waals surface area contributed by atoms with Crippen LogP contribution < -0.4 is 0 Å². The molecule has 2 rings (SSSR count). The Morgan fingerprint density at radius 1 is 1.39 bits per heavy atom. The molecule has 0 heterocycles. The molecule has 0 spiro atoms. The highest BCUT2D eigenvalue weighted by Crippen LogP contribution is 2.24. The second-order valence-electron chi connectivity index (χ2n) is 4.85. The largest absolute Gasteiger partial charge is 0.391 e. The second kappa shape index (κ2) is 5.85. The number of benzene rings is 1. The molecule has 0 aliphatic heterocycles. The first kappa shape index (κ1) is 13.6. The second-order valence-corrected chi connectivity index (χ2v) is 5.76. The first-order valence-corrected chi connectivity index (χ1v) is 7.09. The van der Waals surface area contributed by atoms with Crippen molar-refractivity contribution in [2.75, 3.05) is 7.05 Å². The molecule has 1 N–H and O–H groups in total. The lowest BCUT2D eigenvalue weighted by Crippen LogP contribution is -2.46. The van der Waals surface area contributed by atoms with E-state index in [-0.39, 0.29) is 18.1 Å². The van der Waals surface area contributed by atoms with Gasteiger partial charge in [-0.15, -0.1) is 0 Å². The molecule has 2 atom stereocenters. The molecule has 0 radical (unpaired) electrons. The predicted octanol–water partition coefficient (Wildman–Crippen LogP) is 2.82. The highest BCUT2D eigenvalue weighted by Gasteiger charge is 2.29. The maximum absolute atomic E-state index is 12.3. The van der Waals surface area contributed by atoms with Gasteiger partial charge in [0.1, 0.15) is 0 Å². The normalized spacial score (nSPS) is 23.7. The summed E-state index contributed by atoms with van der Waals surface area (Å²) < 4.78 is 0.894. The topological polar surface area (TPSA) is 40.5 Å². The summed E-state index contributed by atoms with van der Waals surface area (Å²) in [6.45, 7) is 0. The maximum Gasteiger partial charge on any atom is 0.253 e. The monoisotopic (exact) mass is 311 g/mol. The van der Waals surface area contributed by atoms with Crippen LogP contribution in [0.1, 0.15) is 36.0 Å². The van der Waals surface area contributed by atoms with Crippen LogP contribution in [0.4, 0.5) is 0 Å². The van der Waals surface area contributed by atoms with E-state index in [0.29, 0.717) is 5.56 Å². The van der Waals surface area contributed by atoms with Crippen molar-refractivity contribution in [1.82, 2.24) is 4.90 Å². The number of hydrogen-bond acceptors (Lipinski definition) is 2. The van der Waals surface area contributed by atoms with Gasteiger partial charge in [-0.3, -0.25) is 4.79 Å². The molecule has 18 heavy (non-hydrogen) atoms. The number of carbonyl (C=O) groups is 1. The van der Waals surface area contributed by atoms with Gasteiger partial charge >= 0.3 is 0 Å². The summed E-state index contributed by atoms with van der Waals surface area (Å²) in [6.07, 6.45) is 3.42. The van der Waals surface area contributed by atoms with E-state index < -0.39 is 0 Å². The van der Waals surface area contributed by atoms with E-state index in [0.717, 1.165) is 30.2 Å². The molecule has 1 aromatic carbocycles. The summed E-state index contributed by atoms with van der Waals surface area (Å²) in [4.78, 5) is 14.0. The fraction of sp³-hybridized carbons (Fsp3) is 0.500. The Labute approximate surface area is 116 Å². The summed E-state index contributed by atoms with van der Waals surface area (Å²) >= 11 is 3.37. The van der Waals surface area contributed by atoms with Gasteiger partial charge in [0.15, 0.2) is 0 Å². The van der Waals surface area contributed by atoms with Gasteiger partial charge in [0.25, 0.3) is 5.91 Å². The number of halogens is 1. The molecule has 0 aromatic heterocycles. The quantitative estimate of drug-likeness (QED) is 0.912. The Morgan fingerprint density at radius 3 is 2.78 bits per heavy atom.